The molecule has 0 amide bonds. The maximum atomic E-state index is 10.9. The molecule has 0 aliphatic heterocycles. The number of esters is 1. The van der Waals surface area contributed by atoms with Crippen molar-refractivity contribution in [1.82, 2.24) is 0 Å². The van der Waals surface area contributed by atoms with E-state index in [0.717, 1.165) is 25.5 Å². The van der Waals surface area contributed by atoms with Crippen LogP contribution >= 0.6 is 0 Å². The smallest absolute Gasteiger partial charge is 0.333 e. The Bertz CT molecular complexity index is 223. The van der Waals surface area contributed by atoms with Gasteiger partial charge in [0.25, 0.3) is 0 Å². The molecule has 4 nitrogen and oxygen atoms in total. The van der Waals surface area contributed by atoms with Crippen LogP contribution in [0.25, 0.3) is 0 Å². The van der Waals surface area contributed by atoms with Crippen molar-refractivity contribution < 1.29 is 19.1 Å². The molecule has 0 aromatic heterocycles. The number of carbonyl (C=O) groups excluding carboxylic acids is 2. The first-order chi connectivity index (χ1) is 7.68. The highest BCUT2D eigenvalue weighted by atomic mass is 16.6. The summed E-state index contributed by atoms with van der Waals surface area (Å²) in [6, 6.07) is 0. The normalized spacial score (nSPS) is 9.81. The third-order valence-electron chi connectivity index (χ3n) is 1.92. The monoisotopic (exact) mass is 228 g/mol. The van der Waals surface area contributed by atoms with Gasteiger partial charge in [-0.1, -0.05) is 13.0 Å². The summed E-state index contributed by atoms with van der Waals surface area (Å²) in [5.74, 6) is -0.380. The van der Waals surface area contributed by atoms with E-state index >= 15 is 0 Å². The molecule has 0 atom stereocenters. The molecule has 0 aromatic rings. The van der Waals surface area contributed by atoms with Crippen molar-refractivity contribution in [3.05, 3.63) is 12.2 Å². The molecule has 0 aliphatic carbocycles. The van der Waals surface area contributed by atoms with Gasteiger partial charge in [0.2, 0.25) is 0 Å². The Morgan fingerprint density at radius 2 is 1.94 bits per heavy atom. The van der Waals surface area contributed by atoms with E-state index < -0.39 is 0 Å². The maximum absolute atomic E-state index is 10.9. The first kappa shape index (κ1) is 14.8. The SMILES string of the molecule is C=C(C)C(=O)OCCOCCCCCC=O. The molecule has 0 spiro atoms. The second kappa shape index (κ2) is 10.4. The van der Waals surface area contributed by atoms with Gasteiger partial charge in [-0.25, -0.2) is 4.79 Å². The minimum Gasteiger partial charge on any atom is -0.460 e. The lowest BCUT2D eigenvalue weighted by Gasteiger charge is -2.05. The molecule has 0 radical (unpaired) electrons. The minimum absolute atomic E-state index is 0.264. The van der Waals surface area contributed by atoms with Crippen LogP contribution in [-0.2, 0) is 19.1 Å². The van der Waals surface area contributed by atoms with E-state index in [1.54, 1.807) is 6.92 Å². The highest BCUT2D eigenvalue weighted by Crippen LogP contribution is 1.98. The van der Waals surface area contributed by atoms with E-state index in [4.69, 9.17) is 9.47 Å². The summed E-state index contributed by atoms with van der Waals surface area (Å²) in [7, 11) is 0. The van der Waals surface area contributed by atoms with Gasteiger partial charge in [0.1, 0.15) is 12.9 Å². The van der Waals surface area contributed by atoms with Gasteiger partial charge in [-0.3, -0.25) is 0 Å². The largest absolute Gasteiger partial charge is 0.460 e. The van der Waals surface area contributed by atoms with Gasteiger partial charge in [0.15, 0.2) is 0 Å². The van der Waals surface area contributed by atoms with E-state index in [2.05, 4.69) is 6.58 Å². The van der Waals surface area contributed by atoms with Crippen molar-refractivity contribution in [2.45, 2.75) is 32.6 Å². The Hall–Kier alpha value is -1.16. The fourth-order valence-electron chi connectivity index (χ4n) is 1.03. The fraction of sp³-hybridized carbons (Fsp3) is 0.667. The number of unbranched alkanes of at least 4 members (excludes halogenated alkanes) is 3. The van der Waals surface area contributed by atoms with Crippen molar-refractivity contribution in [2.24, 2.45) is 0 Å². The molecule has 92 valence electrons. The quantitative estimate of drug-likeness (QED) is 0.248. The van der Waals surface area contributed by atoms with Crippen molar-refractivity contribution in [3.8, 4) is 0 Å². The average Bonchev–Trinajstić information content (AvgIpc) is 2.26. The molecule has 16 heavy (non-hydrogen) atoms. The lowest BCUT2D eigenvalue weighted by atomic mass is 10.2. The Morgan fingerprint density at radius 3 is 2.56 bits per heavy atom. The van der Waals surface area contributed by atoms with E-state index in [9.17, 15) is 9.59 Å². The Balaban J connectivity index is 3.12. The topological polar surface area (TPSA) is 52.6 Å². The second-order valence-corrected chi connectivity index (χ2v) is 3.54. The molecule has 0 saturated heterocycles. The summed E-state index contributed by atoms with van der Waals surface area (Å²) in [6.07, 6.45) is 4.39. The highest BCUT2D eigenvalue weighted by molar-refractivity contribution is 5.86. The predicted molar refractivity (Wildman–Crippen MR) is 61.1 cm³/mol. The predicted octanol–water partition coefficient (Wildman–Crippen LogP) is 1.88. The Labute approximate surface area is 96.6 Å². The summed E-state index contributed by atoms with van der Waals surface area (Å²) in [5, 5.41) is 0. The lowest BCUT2D eigenvalue weighted by molar-refractivity contribution is -0.140. The second-order valence-electron chi connectivity index (χ2n) is 3.54. The van der Waals surface area contributed by atoms with Crippen LogP contribution in [0.4, 0.5) is 0 Å². The molecular weight excluding hydrogens is 208 g/mol. The summed E-state index contributed by atoms with van der Waals surface area (Å²) < 4.78 is 10.1. The molecule has 0 saturated carbocycles. The number of ether oxygens (including phenoxy) is 2. The number of hydrogen-bond acceptors (Lipinski definition) is 4. The van der Waals surface area contributed by atoms with Gasteiger partial charge >= 0.3 is 5.97 Å². The molecule has 0 heterocycles. The lowest BCUT2D eigenvalue weighted by Crippen LogP contribution is -2.11. The molecule has 0 rings (SSSR count). The van der Waals surface area contributed by atoms with E-state index in [1.165, 1.54) is 0 Å². The number of aldehydes is 1. The molecule has 0 aromatic carbocycles. The van der Waals surface area contributed by atoms with Gasteiger partial charge in [-0.05, 0) is 19.8 Å². The molecule has 0 bridgehead atoms. The highest BCUT2D eigenvalue weighted by Gasteiger charge is 2.01. The third kappa shape index (κ3) is 9.40. The van der Waals surface area contributed by atoms with Crippen LogP contribution in [0.15, 0.2) is 12.2 Å². The Morgan fingerprint density at radius 1 is 1.19 bits per heavy atom. The van der Waals surface area contributed by atoms with Crippen LogP contribution in [0, 0.1) is 0 Å². The number of hydrogen-bond donors (Lipinski definition) is 0. The van der Waals surface area contributed by atoms with Gasteiger partial charge in [0, 0.05) is 18.6 Å². The zero-order valence-corrected chi connectivity index (χ0v) is 9.87. The Kier molecular flexibility index (Phi) is 9.61. The molecule has 0 fully saturated rings. The zero-order chi connectivity index (χ0) is 12.2. The molecular formula is C12H20O4. The van der Waals surface area contributed by atoms with Crippen molar-refractivity contribution in [2.75, 3.05) is 19.8 Å². The van der Waals surface area contributed by atoms with Crippen LogP contribution in [0.3, 0.4) is 0 Å². The number of carbonyl (C=O) groups is 2. The van der Waals surface area contributed by atoms with Crippen LogP contribution in [0.1, 0.15) is 32.6 Å². The summed E-state index contributed by atoms with van der Waals surface area (Å²) in [5.41, 5.74) is 0.397. The van der Waals surface area contributed by atoms with Gasteiger partial charge in [0.05, 0.1) is 6.61 Å². The van der Waals surface area contributed by atoms with Crippen LogP contribution in [-0.4, -0.2) is 32.1 Å². The van der Waals surface area contributed by atoms with Crippen LogP contribution in [0.5, 0.6) is 0 Å². The van der Waals surface area contributed by atoms with Gasteiger partial charge in [-0.2, -0.15) is 0 Å². The summed E-state index contributed by atoms with van der Waals surface area (Å²) in [6.45, 7) is 6.39. The van der Waals surface area contributed by atoms with Gasteiger partial charge < -0.3 is 14.3 Å². The molecule has 0 unspecified atom stereocenters. The van der Waals surface area contributed by atoms with Crippen LogP contribution < -0.4 is 0 Å². The zero-order valence-electron chi connectivity index (χ0n) is 9.87. The van der Waals surface area contributed by atoms with E-state index in [0.29, 0.717) is 25.2 Å². The molecule has 0 aliphatic rings. The van der Waals surface area contributed by atoms with Gasteiger partial charge in [-0.15, -0.1) is 0 Å². The summed E-state index contributed by atoms with van der Waals surface area (Å²) >= 11 is 0. The van der Waals surface area contributed by atoms with E-state index in [-0.39, 0.29) is 12.6 Å². The fourth-order valence-corrected chi connectivity index (χ4v) is 1.03. The standard InChI is InChI=1S/C12H20O4/c1-11(2)12(14)16-10-9-15-8-6-4-3-5-7-13/h7H,1,3-6,8-10H2,2H3. The maximum Gasteiger partial charge on any atom is 0.333 e. The number of rotatable bonds is 10. The van der Waals surface area contributed by atoms with Crippen molar-refractivity contribution >= 4 is 12.3 Å². The minimum atomic E-state index is -0.380. The first-order valence-electron chi connectivity index (χ1n) is 5.52. The third-order valence-corrected chi connectivity index (χ3v) is 1.92. The molecule has 4 heteroatoms. The molecule has 0 N–H and O–H groups in total. The van der Waals surface area contributed by atoms with E-state index in [1.807, 2.05) is 0 Å². The van der Waals surface area contributed by atoms with Crippen molar-refractivity contribution in [1.29, 1.82) is 0 Å². The summed E-state index contributed by atoms with van der Waals surface area (Å²) in [4.78, 5) is 21.0. The first-order valence-corrected chi connectivity index (χ1v) is 5.52. The van der Waals surface area contributed by atoms with Crippen molar-refractivity contribution in [3.63, 3.8) is 0 Å². The average molecular weight is 228 g/mol. The van der Waals surface area contributed by atoms with Crippen LogP contribution in [0.2, 0.25) is 0 Å².